The van der Waals surface area contributed by atoms with Crippen LogP contribution in [0.4, 0.5) is 0 Å². The Labute approximate surface area is 306 Å². The summed E-state index contributed by atoms with van der Waals surface area (Å²) in [5.41, 5.74) is 3.87. The Balaban J connectivity index is 1.25. The molecular weight excluding hydrogens is 665 g/mol. The fraction of sp³-hybridized carbons (Fsp3) is 0.140. The van der Waals surface area contributed by atoms with Crippen molar-refractivity contribution in [2.24, 2.45) is 0 Å². The Kier molecular flexibility index (Phi) is 9.08. The quantitative estimate of drug-likeness (QED) is 0.130. The minimum Gasteiger partial charge on any atom is -0.457 e. The molecule has 0 saturated heterocycles. The van der Waals surface area contributed by atoms with E-state index >= 15 is 0 Å². The number of benzene rings is 4. The summed E-state index contributed by atoms with van der Waals surface area (Å²) < 4.78 is 27.3. The van der Waals surface area contributed by atoms with Gasteiger partial charge in [-0.05, 0) is 71.5 Å². The lowest BCUT2D eigenvalue weighted by Gasteiger charge is -2.16. The predicted octanol–water partition coefficient (Wildman–Crippen LogP) is 11.2. The Morgan fingerprint density at radius 1 is 0.472 bits per heavy atom. The first-order chi connectivity index (χ1) is 25.9. The highest BCUT2D eigenvalue weighted by Gasteiger charge is 2.22. The van der Waals surface area contributed by atoms with Crippen LogP contribution in [0.1, 0.15) is 50.7 Å². The molecule has 0 unspecified atom stereocenters. The van der Waals surface area contributed by atoms with Gasteiger partial charge in [0.25, 0.3) is 0 Å². The van der Waals surface area contributed by atoms with Gasteiger partial charge in [-0.15, -0.1) is 0 Å². The van der Waals surface area contributed by atoms with Gasteiger partial charge in [0, 0.05) is 59.6 Å². The summed E-state index contributed by atoms with van der Waals surface area (Å²) in [6.45, 7) is 8.65. The van der Waals surface area contributed by atoms with Crippen molar-refractivity contribution in [1.82, 2.24) is 29.5 Å². The molecule has 4 aromatic heterocycles. The second-order valence-electron chi connectivity index (χ2n) is 13.1. The van der Waals surface area contributed by atoms with Crippen LogP contribution in [0.2, 0.25) is 0 Å². The number of nitrogens with zero attached hydrogens (tertiary/aromatic N) is 6. The molecule has 262 valence electrons. The summed E-state index contributed by atoms with van der Waals surface area (Å²) in [5.74, 6) is 5.74. The first-order valence-electron chi connectivity index (χ1n) is 17.4. The number of hydrogen-bond donors (Lipinski definition) is 0. The van der Waals surface area contributed by atoms with Gasteiger partial charge in [-0.25, -0.2) is 24.9 Å². The second-order valence-corrected chi connectivity index (χ2v) is 13.1. The Bertz CT molecular complexity index is 2370. The zero-order valence-corrected chi connectivity index (χ0v) is 29.7. The van der Waals surface area contributed by atoms with Gasteiger partial charge in [-0.1, -0.05) is 52.0 Å². The van der Waals surface area contributed by atoms with Gasteiger partial charge >= 0.3 is 0 Å². The molecule has 8 aromatic rings. The van der Waals surface area contributed by atoms with Crippen molar-refractivity contribution in [3.63, 3.8) is 0 Å². The van der Waals surface area contributed by atoms with Crippen molar-refractivity contribution in [1.29, 1.82) is 0 Å². The number of ether oxygens (including phenoxy) is 4. The highest BCUT2D eigenvalue weighted by molar-refractivity contribution is 6.10. The molecule has 0 radical (unpaired) electrons. The van der Waals surface area contributed by atoms with Crippen molar-refractivity contribution in [3.05, 3.63) is 145 Å². The molecule has 8 rings (SSSR count). The minimum atomic E-state index is 0.158. The molecule has 0 amide bonds. The van der Waals surface area contributed by atoms with E-state index in [0.29, 0.717) is 52.2 Å². The van der Waals surface area contributed by atoms with Crippen LogP contribution in [0.25, 0.3) is 27.8 Å². The monoisotopic (exact) mass is 700 g/mol. The van der Waals surface area contributed by atoms with E-state index in [-0.39, 0.29) is 11.8 Å². The van der Waals surface area contributed by atoms with Crippen LogP contribution in [0.5, 0.6) is 46.3 Å². The van der Waals surface area contributed by atoms with E-state index in [4.69, 9.17) is 18.9 Å². The fourth-order valence-corrected chi connectivity index (χ4v) is 6.26. The summed E-state index contributed by atoms with van der Waals surface area (Å²) in [7, 11) is 0. The van der Waals surface area contributed by atoms with Gasteiger partial charge < -0.3 is 18.9 Å². The topological polar surface area (TPSA) is 106 Å². The van der Waals surface area contributed by atoms with Crippen molar-refractivity contribution in [3.8, 4) is 52.2 Å². The molecule has 0 bridgehead atoms. The molecule has 10 heteroatoms. The third-order valence-electron chi connectivity index (χ3n) is 8.74. The molecule has 0 N–H and O–H groups in total. The molecule has 0 fully saturated rings. The average molecular weight is 701 g/mol. The minimum absolute atomic E-state index is 0.158. The SMILES string of the molecule is CC(C)c1cc2c3cc(C(C)C)c(Oc4cccc(Oc5ccccn5)c4)cc3n(-c3ncncn3)c2cc1Oc1cccc(Oc2ccccn2)c1. The maximum atomic E-state index is 6.65. The molecule has 0 aliphatic carbocycles. The Morgan fingerprint density at radius 2 is 0.925 bits per heavy atom. The van der Waals surface area contributed by atoms with Crippen LogP contribution in [0.15, 0.2) is 134 Å². The average Bonchev–Trinajstić information content (AvgIpc) is 3.47. The molecule has 0 atom stereocenters. The molecule has 10 nitrogen and oxygen atoms in total. The lowest BCUT2D eigenvalue weighted by Crippen LogP contribution is -2.02. The van der Waals surface area contributed by atoms with Crippen LogP contribution < -0.4 is 18.9 Å². The first-order valence-corrected chi connectivity index (χ1v) is 17.4. The van der Waals surface area contributed by atoms with E-state index in [1.165, 1.54) is 12.7 Å². The van der Waals surface area contributed by atoms with E-state index in [2.05, 4.69) is 76.9 Å². The van der Waals surface area contributed by atoms with E-state index < -0.39 is 0 Å². The summed E-state index contributed by atoms with van der Waals surface area (Å²) in [5, 5.41) is 2.09. The summed E-state index contributed by atoms with van der Waals surface area (Å²) in [6.07, 6.45) is 6.39. The first kappa shape index (κ1) is 33.3. The summed E-state index contributed by atoms with van der Waals surface area (Å²) in [4.78, 5) is 21.8. The van der Waals surface area contributed by atoms with Crippen LogP contribution >= 0.6 is 0 Å². The zero-order chi connectivity index (χ0) is 36.3. The van der Waals surface area contributed by atoms with E-state index in [1.807, 2.05) is 89.5 Å². The Hall–Kier alpha value is -6.81. The van der Waals surface area contributed by atoms with Gasteiger partial charge in [-0.3, -0.25) is 4.57 Å². The zero-order valence-electron chi connectivity index (χ0n) is 29.7. The highest BCUT2D eigenvalue weighted by atomic mass is 16.5. The third-order valence-corrected chi connectivity index (χ3v) is 8.74. The van der Waals surface area contributed by atoms with E-state index in [9.17, 15) is 0 Å². The van der Waals surface area contributed by atoms with Crippen LogP contribution in [-0.2, 0) is 0 Å². The van der Waals surface area contributed by atoms with Crippen molar-refractivity contribution in [2.45, 2.75) is 39.5 Å². The number of fused-ring (bicyclic) bond motifs is 3. The number of hydrogen-bond acceptors (Lipinski definition) is 9. The molecule has 0 saturated carbocycles. The lowest BCUT2D eigenvalue weighted by molar-refractivity contribution is 0.446. The molecule has 0 aliphatic heterocycles. The van der Waals surface area contributed by atoms with Gasteiger partial charge in [0.1, 0.15) is 47.2 Å². The highest BCUT2D eigenvalue weighted by Crippen LogP contribution is 2.44. The van der Waals surface area contributed by atoms with Crippen LogP contribution in [-0.4, -0.2) is 29.5 Å². The Morgan fingerprint density at radius 3 is 1.34 bits per heavy atom. The van der Waals surface area contributed by atoms with Crippen molar-refractivity contribution < 1.29 is 18.9 Å². The van der Waals surface area contributed by atoms with Gasteiger partial charge in [0.05, 0.1) is 11.0 Å². The lowest BCUT2D eigenvalue weighted by atomic mass is 9.96. The maximum Gasteiger partial charge on any atom is 0.237 e. The van der Waals surface area contributed by atoms with Crippen LogP contribution in [0, 0.1) is 0 Å². The molecule has 0 spiro atoms. The fourth-order valence-electron chi connectivity index (χ4n) is 6.26. The standard InChI is InChI=1S/C43H36N6O4/c1-27(2)33-21-35-36-22-34(28(3)4)40(51-30-12-10-14-32(20-30)53-42-16-6-8-18-46-42)24-38(36)49(43-47-25-44-26-48-43)37(35)23-39(33)50-29-11-9-13-31(19-29)52-41-15-5-7-17-45-41/h5-28H,1-4H3. The smallest absolute Gasteiger partial charge is 0.237 e. The molecule has 4 heterocycles. The van der Waals surface area contributed by atoms with E-state index in [1.54, 1.807) is 12.4 Å². The van der Waals surface area contributed by atoms with Gasteiger partial charge in [0.15, 0.2) is 0 Å². The third kappa shape index (κ3) is 7.07. The molecule has 53 heavy (non-hydrogen) atoms. The molecular formula is C43H36N6O4. The van der Waals surface area contributed by atoms with Crippen LogP contribution in [0.3, 0.4) is 0 Å². The van der Waals surface area contributed by atoms with Gasteiger partial charge in [-0.2, -0.15) is 0 Å². The van der Waals surface area contributed by atoms with E-state index in [0.717, 1.165) is 32.9 Å². The summed E-state index contributed by atoms with van der Waals surface area (Å²) in [6, 6.07) is 34.8. The van der Waals surface area contributed by atoms with Crippen molar-refractivity contribution >= 4 is 21.8 Å². The number of rotatable bonds is 11. The predicted molar refractivity (Wildman–Crippen MR) is 204 cm³/mol. The second kappa shape index (κ2) is 14.4. The van der Waals surface area contributed by atoms with Gasteiger partial charge in [0.2, 0.25) is 17.7 Å². The van der Waals surface area contributed by atoms with Crippen molar-refractivity contribution in [2.75, 3.05) is 0 Å². The molecule has 4 aromatic carbocycles. The number of aromatic nitrogens is 6. The largest absolute Gasteiger partial charge is 0.457 e. The normalized spacial score (nSPS) is 11.4. The summed E-state index contributed by atoms with van der Waals surface area (Å²) >= 11 is 0. The maximum absolute atomic E-state index is 6.65. The molecule has 0 aliphatic rings. The number of pyridine rings is 2.